The molecule has 16 rings (SSSR count). The maximum atomic E-state index is 13.1. The van der Waals surface area contributed by atoms with Crippen molar-refractivity contribution >= 4 is 93.7 Å². The van der Waals surface area contributed by atoms with Gasteiger partial charge in [0.15, 0.2) is 0 Å². The van der Waals surface area contributed by atoms with Gasteiger partial charge in [-0.3, -0.25) is 37.9 Å². The molecule has 753 valence electrons. The van der Waals surface area contributed by atoms with E-state index in [0.717, 1.165) is 87.7 Å². The number of halogens is 1. The molecule has 4 fully saturated rings. The summed E-state index contributed by atoms with van der Waals surface area (Å²) >= 11 is 3.43. The number of aromatic nitrogens is 4. The molecule has 17 N–H and O–H groups in total. The average Bonchev–Trinajstić information content (AvgIpc) is 0.886. The molecule has 8 amide bonds. The Kier molecular flexibility index (Phi) is 42.3. The number of nitrogens with one attached hydrogen (secondary N) is 2. The summed E-state index contributed by atoms with van der Waals surface area (Å²) < 4.78 is 61.2. The van der Waals surface area contributed by atoms with Gasteiger partial charge >= 0.3 is 72.0 Å². The maximum absolute atomic E-state index is 13.1. The van der Waals surface area contributed by atoms with Crippen LogP contribution in [0.2, 0.25) is 0 Å². The molecule has 4 aliphatic heterocycles. The Bertz CT molecular complexity index is 6300. The van der Waals surface area contributed by atoms with Gasteiger partial charge in [0.05, 0.1) is 30.4 Å². The number of nitrogens with two attached hydrogens (primary N) is 6. The molecule has 0 bridgehead atoms. The third-order valence-corrected chi connectivity index (χ3v) is 25.6. The van der Waals surface area contributed by atoms with Crippen LogP contribution in [0.5, 0.6) is 5.75 Å². The molecule has 145 heavy (non-hydrogen) atoms. The van der Waals surface area contributed by atoms with Crippen LogP contribution < -0.4 is 79.7 Å². The number of primary amides is 4. The Morgan fingerprint density at radius 3 is 0.876 bits per heavy atom. The summed E-state index contributed by atoms with van der Waals surface area (Å²) in [7, 11) is -4.08. The van der Waals surface area contributed by atoms with Crippen molar-refractivity contribution in [3.8, 4) is 39.1 Å². The molecule has 0 saturated carbocycles. The summed E-state index contributed by atoms with van der Waals surface area (Å²) in [6, 6.07) is 82.8. The SMILES string of the molecule is C[C@@H](c1ccc(-c2ccc(=O)[nH]c2)cc1)N1CC[C@](CCC(N)=O)(c2ccccc2)OC1=O.C[C@@H](c1ccc(-c2ccc(=O)[nH]c2)cc1)N1CC[C@](CCC(N)=O)(c2ccccc2)OC1=O.C[C@@H](c1ccc(-c2ccc(N)nc2)cc1)N1CC[C@](CCC(N)=O)(c2ccccc2)OC1=O.C[C@@H](c1ccc(Br)cc1)N1CC[C@](CCC(N)=O)(c2ccccc2)OC1=O.Nc1ccc(O[B]O)cn1.O=N[O-].O=S(=O)(O)O.[Na+]. The van der Waals surface area contributed by atoms with Crippen LogP contribution in [0.1, 0.15) is 173 Å². The molecule has 8 aromatic carbocycles. The number of cyclic esters (lactones) is 4. The quantitative estimate of drug-likeness (QED) is 0.00682. The summed E-state index contributed by atoms with van der Waals surface area (Å²) in [4.78, 5) is 149. The monoisotopic (exact) mass is 2070 g/mol. The fourth-order valence-electron chi connectivity index (χ4n) is 17.0. The van der Waals surface area contributed by atoms with Crippen molar-refractivity contribution in [3.63, 3.8) is 0 Å². The number of carbonyl (C=O) groups is 8. The smallest absolute Gasteiger partial charge is 0.536 e. The van der Waals surface area contributed by atoms with Gasteiger partial charge in [0.1, 0.15) is 39.8 Å². The van der Waals surface area contributed by atoms with Crippen molar-refractivity contribution in [3.05, 3.63) is 372 Å². The van der Waals surface area contributed by atoms with E-state index in [-0.39, 0.29) is 96.6 Å². The first-order chi connectivity index (χ1) is 68.8. The zero-order chi connectivity index (χ0) is 104. The van der Waals surface area contributed by atoms with Crippen molar-refractivity contribution in [2.75, 3.05) is 37.6 Å². The van der Waals surface area contributed by atoms with Gasteiger partial charge in [-0.25, -0.2) is 29.1 Å². The largest absolute Gasteiger partial charge is 1.00 e. The number of H-pyrrole nitrogens is 2. The first kappa shape index (κ1) is 114. The molecular weight excluding hydrogens is 1960 g/mol. The van der Waals surface area contributed by atoms with E-state index >= 15 is 0 Å². The van der Waals surface area contributed by atoms with Crippen LogP contribution in [0.15, 0.2) is 311 Å². The van der Waals surface area contributed by atoms with Gasteiger partial charge in [-0.05, 0) is 149 Å². The number of rotatable bonds is 29. The van der Waals surface area contributed by atoms with E-state index in [1.165, 1.54) is 18.3 Å². The van der Waals surface area contributed by atoms with Crippen LogP contribution >= 0.6 is 15.9 Å². The van der Waals surface area contributed by atoms with Crippen LogP contribution in [-0.2, 0) is 70.9 Å². The van der Waals surface area contributed by atoms with E-state index in [2.05, 4.69) is 40.5 Å². The van der Waals surface area contributed by atoms with Gasteiger partial charge in [-0.15, -0.1) is 5.34 Å². The van der Waals surface area contributed by atoms with E-state index in [0.29, 0.717) is 103 Å². The summed E-state index contributed by atoms with van der Waals surface area (Å²) in [6.07, 6.45) is 9.32. The molecule has 12 aromatic rings. The van der Waals surface area contributed by atoms with Crippen molar-refractivity contribution in [1.82, 2.24) is 39.5 Å². The fraction of sp³-hybridized carbons (Fsp3) is 0.269. The number of carbonyl (C=O) groups excluding carboxylic acids is 8. The number of benzene rings is 8. The fourth-order valence-corrected chi connectivity index (χ4v) is 17.3. The van der Waals surface area contributed by atoms with E-state index in [4.69, 9.17) is 86.0 Å². The number of pyridine rings is 4. The summed E-state index contributed by atoms with van der Waals surface area (Å²) in [5, 5.41) is 17.2. The van der Waals surface area contributed by atoms with Crippen LogP contribution in [0.4, 0.5) is 30.8 Å². The molecule has 4 aromatic heterocycles. The van der Waals surface area contributed by atoms with Crippen LogP contribution in [0, 0.1) is 10.1 Å². The Morgan fingerprint density at radius 2 is 0.655 bits per heavy atom. The minimum Gasteiger partial charge on any atom is -0.536 e. The van der Waals surface area contributed by atoms with Crippen molar-refractivity contribution in [1.29, 1.82) is 0 Å². The van der Waals surface area contributed by atoms with Crippen molar-refractivity contribution in [2.24, 2.45) is 28.3 Å². The number of nitrogen functional groups attached to an aromatic ring is 2. The van der Waals surface area contributed by atoms with Gasteiger partial charge in [0.2, 0.25) is 34.7 Å². The van der Waals surface area contributed by atoms with Crippen LogP contribution in [-0.4, -0.2) is 144 Å². The third-order valence-electron chi connectivity index (χ3n) is 25.1. The molecule has 41 heteroatoms. The van der Waals surface area contributed by atoms with Crippen molar-refractivity contribution < 1.29 is 114 Å². The molecule has 8 atom stereocenters. The number of nitrogens with zero attached hydrogens (tertiary/aromatic N) is 7. The molecule has 8 heterocycles. The Morgan fingerprint density at radius 1 is 0.414 bits per heavy atom. The number of aromatic amines is 2. The average molecular weight is 2070 g/mol. The molecule has 4 aliphatic rings. The minimum absolute atomic E-state index is 0. The molecule has 0 spiro atoms. The first-order valence-electron chi connectivity index (χ1n) is 45.8. The van der Waals surface area contributed by atoms with Gasteiger partial charge in [0.25, 0.3) is 0 Å². The maximum Gasteiger partial charge on any atom is 1.00 e. The van der Waals surface area contributed by atoms with Gasteiger partial charge in [-0.2, -0.15) is 8.42 Å². The summed E-state index contributed by atoms with van der Waals surface area (Å²) in [5.74, 6) is -0.281. The molecular formula is C104H113BBrN15NaO22S. The Balaban J connectivity index is 0.000000203. The summed E-state index contributed by atoms with van der Waals surface area (Å²) in [6.45, 7) is 9.96. The number of hydrogen-bond donors (Lipinski definition) is 11. The molecule has 0 aliphatic carbocycles. The molecule has 0 unspecified atom stereocenters. The molecule has 4 saturated heterocycles. The third kappa shape index (κ3) is 32.8. The second-order valence-corrected chi connectivity index (χ2v) is 36.0. The van der Waals surface area contributed by atoms with E-state index in [9.17, 15) is 47.9 Å². The number of ether oxygens (including phenoxy) is 4. The zero-order valence-corrected chi connectivity index (χ0v) is 84.8. The van der Waals surface area contributed by atoms with Gasteiger partial charge in [0, 0.05) is 144 Å². The van der Waals surface area contributed by atoms with Gasteiger partial charge in [-0.1, -0.05) is 222 Å². The van der Waals surface area contributed by atoms with Crippen LogP contribution in [0.3, 0.4) is 0 Å². The Hall–Kier alpha value is -14.9. The predicted octanol–water partition coefficient (Wildman–Crippen LogP) is 13.3. The number of hydrogen-bond acceptors (Lipinski definition) is 25. The Labute approximate surface area is 869 Å². The number of anilines is 2. The van der Waals surface area contributed by atoms with Crippen molar-refractivity contribution in [2.45, 2.75) is 151 Å². The summed E-state index contributed by atoms with van der Waals surface area (Å²) in [5.41, 5.74) is 42.1. The molecule has 37 nitrogen and oxygen atoms in total. The zero-order valence-electron chi connectivity index (χ0n) is 80.4. The van der Waals surface area contributed by atoms with E-state index < -0.39 is 74.7 Å². The standard InChI is InChI=1S/C26H28N4O3.2C26H27N3O4.C21H23BrN2O3.C5H6BN2O2.HNO2.Na.H2O4S/c1-18(19-7-9-20(10-8-19)21-11-12-23(27)29-17-21)30-16-15-26(33-25(30)32,14-13-24(28)31)22-5-3-2-4-6-22;2*1-18(19-7-9-20(10-8-19)21-11-12-24(31)28-17-21)29-16-15-26(33-25(29)32,14-13-23(27)30)22-5-3-2-4-6-22;1-15(16-7-9-18(22)10-8-16)24-14-13-21(27-20(24)26,12-11-19(23)25)17-5-3-2-4-6-17;7-5-2-1-4(3-8-5)10-6-9;2-1-3;;1-5(2,3)4/h2-12,17-18H,13-16H2,1H3,(H2,27,29)(H2,28,31);2*2-12,17-18H,13-16H2,1H3,(H2,27,30)(H,28,31);2-10,15H,11-14H2,1H3,(H2,23,25);1-3,9H,(H2,7,8);(H,2,3);;(H2,1,2,3,4)/q;;;;;;+1;/p-1/t3*18-,26+;15-,21+;;;;/m0000..../s1. The molecule has 1 radical (unpaired) electrons. The predicted molar refractivity (Wildman–Crippen MR) is 545 cm³/mol. The van der Waals surface area contributed by atoms with Gasteiger partial charge < -0.3 is 103 Å². The first-order valence-corrected chi connectivity index (χ1v) is 48.0. The second-order valence-electron chi connectivity index (χ2n) is 34.2. The van der Waals surface area contributed by atoms with E-state index in [1.807, 2.05) is 252 Å². The van der Waals surface area contributed by atoms with Crippen LogP contribution in [0.25, 0.3) is 33.4 Å². The second kappa shape index (κ2) is 54.0. The normalized spacial score (nSPS) is 18.0. The van der Waals surface area contributed by atoms with E-state index in [1.54, 1.807) is 68.5 Å². The minimum atomic E-state index is -4.67. The topological polar surface area (TPSA) is 591 Å². The number of amides is 8.